The molecule has 2 atom stereocenters. The van der Waals surface area contributed by atoms with Crippen LogP contribution in [0.4, 0.5) is 0 Å². The largest absolute Gasteiger partial charge is 0.468 e. The normalized spacial score (nSPS) is 31.1. The molecule has 20 heavy (non-hydrogen) atoms. The van der Waals surface area contributed by atoms with Crippen LogP contribution in [0.15, 0.2) is 0 Å². The second-order valence-corrected chi connectivity index (χ2v) is 6.94. The minimum atomic E-state index is -0.525. The summed E-state index contributed by atoms with van der Waals surface area (Å²) in [7, 11) is 1.49. The van der Waals surface area contributed by atoms with Crippen LogP contribution in [-0.4, -0.2) is 36.4 Å². The molecule has 116 valence electrons. The Morgan fingerprint density at radius 3 is 2.60 bits per heavy atom. The molecular weight excluding hydrogens is 254 g/mol. The lowest BCUT2D eigenvalue weighted by atomic mass is 9.79. The quantitative estimate of drug-likeness (QED) is 0.762. The zero-order valence-corrected chi connectivity index (χ0v) is 13.3. The molecule has 2 aliphatic carbocycles. The zero-order valence-electron chi connectivity index (χ0n) is 13.3. The zero-order chi connectivity index (χ0) is 14.8. The molecule has 0 bridgehead atoms. The van der Waals surface area contributed by atoms with Gasteiger partial charge in [-0.25, -0.2) is 0 Å². The maximum Gasteiger partial charge on any atom is 0.326 e. The van der Waals surface area contributed by atoms with Crippen molar-refractivity contribution in [1.82, 2.24) is 5.32 Å². The number of ether oxygens (including phenoxy) is 2. The van der Waals surface area contributed by atoms with E-state index in [1.807, 2.05) is 0 Å². The molecule has 1 N–H and O–H groups in total. The molecule has 0 radical (unpaired) electrons. The molecule has 0 aromatic heterocycles. The van der Waals surface area contributed by atoms with E-state index in [2.05, 4.69) is 26.1 Å². The SMILES string of the molecule is CCC(C)(C)OC1CCCC(NC2CC2)(C(=O)OC)C1. The monoisotopic (exact) mass is 283 g/mol. The maximum absolute atomic E-state index is 12.3. The van der Waals surface area contributed by atoms with Gasteiger partial charge < -0.3 is 9.47 Å². The average Bonchev–Trinajstić information content (AvgIpc) is 3.21. The third-order valence-electron chi connectivity index (χ3n) is 4.68. The van der Waals surface area contributed by atoms with Gasteiger partial charge in [-0.1, -0.05) is 6.92 Å². The van der Waals surface area contributed by atoms with Crippen LogP contribution >= 0.6 is 0 Å². The fourth-order valence-electron chi connectivity index (χ4n) is 3.05. The van der Waals surface area contributed by atoms with Crippen LogP contribution in [0.5, 0.6) is 0 Å². The first-order valence-corrected chi connectivity index (χ1v) is 7.95. The Morgan fingerprint density at radius 1 is 1.35 bits per heavy atom. The van der Waals surface area contributed by atoms with E-state index >= 15 is 0 Å². The lowest BCUT2D eigenvalue weighted by Gasteiger charge is -2.41. The van der Waals surface area contributed by atoms with Crippen molar-refractivity contribution in [2.45, 2.75) is 89.0 Å². The van der Waals surface area contributed by atoms with Crippen molar-refractivity contribution in [3.05, 3.63) is 0 Å². The smallest absolute Gasteiger partial charge is 0.326 e. The number of nitrogens with one attached hydrogen (secondary N) is 1. The molecule has 0 aromatic carbocycles. The van der Waals surface area contributed by atoms with Gasteiger partial charge in [-0.2, -0.15) is 0 Å². The summed E-state index contributed by atoms with van der Waals surface area (Å²) in [5.74, 6) is -0.119. The average molecular weight is 283 g/mol. The molecule has 4 nitrogen and oxygen atoms in total. The van der Waals surface area contributed by atoms with Crippen LogP contribution in [0.1, 0.15) is 65.7 Å². The van der Waals surface area contributed by atoms with Crippen LogP contribution in [-0.2, 0) is 14.3 Å². The Morgan fingerprint density at radius 2 is 2.05 bits per heavy atom. The lowest BCUT2D eigenvalue weighted by Crippen LogP contribution is -2.58. The molecule has 0 heterocycles. The Hall–Kier alpha value is -0.610. The molecule has 2 rings (SSSR count). The molecular formula is C16H29NO3. The van der Waals surface area contributed by atoms with Crippen molar-refractivity contribution in [3.8, 4) is 0 Å². The second kappa shape index (κ2) is 6.02. The molecule has 0 amide bonds. The van der Waals surface area contributed by atoms with Crippen molar-refractivity contribution >= 4 is 5.97 Å². The van der Waals surface area contributed by atoms with Gasteiger partial charge in [-0.15, -0.1) is 0 Å². The summed E-state index contributed by atoms with van der Waals surface area (Å²) in [4.78, 5) is 12.3. The summed E-state index contributed by atoms with van der Waals surface area (Å²) in [6.07, 6.45) is 7.11. The van der Waals surface area contributed by atoms with Gasteiger partial charge in [0.25, 0.3) is 0 Å². The summed E-state index contributed by atoms with van der Waals surface area (Å²) in [5.41, 5.74) is -0.647. The molecule has 4 heteroatoms. The molecule has 2 saturated carbocycles. The van der Waals surface area contributed by atoms with Crippen LogP contribution < -0.4 is 5.32 Å². The van der Waals surface area contributed by atoms with E-state index in [-0.39, 0.29) is 17.7 Å². The van der Waals surface area contributed by atoms with Gasteiger partial charge >= 0.3 is 5.97 Å². The molecule has 0 aromatic rings. The first-order chi connectivity index (χ1) is 9.41. The summed E-state index contributed by atoms with van der Waals surface area (Å²) in [6.45, 7) is 6.38. The lowest BCUT2D eigenvalue weighted by molar-refractivity contribution is -0.157. The van der Waals surface area contributed by atoms with Crippen LogP contribution in [0.3, 0.4) is 0 Å². The van der Waals surface area contributed by atoms with E-state index in [1.165, 1.54) is 20.0 Å². The van der Waals surface area contributed by atoms with Gasteiger partial charge in [0.2, 0.25) is 0 Å². The number of rotatable bonds is 6. The number of esters is 1. The van der Waals surface area contributed by atoms with Crippen LogP contribution in [0.25, 0.3) is 0 Å². The van der Waals surface area contributed by atoms with E-state index in [0.717, 1.165) is 32.1 Å². The minimum Gasteiger partial charge on any atom is -0.468 e. The fraction of sp³-hybridized carbons (Fsp3) is 0.938. The highest BCUT2D eigenvalue weighted by Gasteiger charge is 2.47. The summed E-state index contributed by atoms with van der Waals surface area (Å²) >= 11 is 0. The first kappa shape index (κ1) is 15.8. The molecule has 2 unspecified atom stereocenters. The van der Waals surface area contributed by atoms with Crippen molar-refractivity contribution in [1.29, 1.82) is 0 Å². The van der Waals surface area contributed by atoms with Crippen LogP contribution in [0, 0.1) is 0 Å². The fourth-order valence-corrected chi connectivity index (χ4v) is 3.05. The van der Waals surface area contributed by atoms with Crippen molar-refractivity contribution in [2.24, 2.45) is 0 Å². The third kappa shape index (κ3) is 3.73. The maximum atomic E-state index is 12.3. The molecule has 0 aliphatic heterocycles. The predicted molar refractivity (Wildman–Crippen MR) is 78.6 cm³/mol. The molecule has 2 fully saturated rings. The van der Waals surface area contributed by atoms with Crippen LogP contribution in [0.2, 0.25) is 0 Å². The van der Waals surface area contributed by atoms with Crippen molar-refractivity contribution in [2.75, 3.05) is 7.11 Å². The van der Waals surface area contributed by atoms with Crippen molar-refractivity contribution < 1.29 is 14.3 Å². The van der Waals surface area contributed by atoms with Gasteiger partial charge in [0.15, 0.2) is 0 Å². The molecule has 0 saturated heterocycles. The van der Waals surface area contributed by atoms with E-state index in [0.29, 0.717) is 6.04 Å². The Kier molecular flexibility index (Phi) is 4.75. The number of hydrogen-bond acceptors (Lipinski definition) is 4. The van der Waals surface area contributed by atoms with Gasteiger partial charge in [-0.05, 0) is 52.4 Å². The van der Waals surface area contributed by atoms with E-state index in [1.54, 1.807) is 0 Å². The molecule has 2 aliphatic rings. The number of methoxy groups -OCH3 is 1. The standard InChI is InChI=1S/C16H29NO3/c1-5-15(2,3)20-13-7-6-10-16(11-13,14(18)19-4)17-12-8-9-12/h12-13,17H,5-11H2,1-4H3. The Bertz CT molecular complexity index is 352. The highest BCUT2D eigenvalue weighted by molar-refractivity contribution is 5.81. The second-order valence-electron chi connectivity index (χ2n) is 6.94. The van der Waals surface area contributed by atoms with Crippen molar-refractivity contribution in [3.63, 3.8) is 0 Å². The number of hydrogen-bond donors (Lipinski definition) is 1. The Labute approximate surface area is 122 Å². The topological polar surface area (TPSA) is 47.6 Å². The van der Waals surface area contributed by atoms with Gasteiger partial charge in [0, 0.05) is 12.5 Å². The van der Waals surface area contributed by atoms with E-state index in [4.69, 9.17) is 9.47 Å². The minimum absolute atomic E-state index is 0.119. The van der Waals surface area contributed by atoms with Gasteiger partial charge in [0.1, 0.15) is 5.54 Å². The van der Waals surface area contributed by atoms with E-state index < -0.39 is 5.54 Å². The Balaban J connectivity index is 2.05. The number of carbonyl (C=O) groups is 1. The first-order valence-electron chi connectivity index (χ1n) is 7.95. The molecule has 0 spiro atoms. The third-order valence-corrected chi connectivity index (χ3v) is 4.68. The summed E-state index contributed by atoms with van der Waals surface area (Å²) in [6, 6.07) is 0.493. The number of carbonyl (C=O) groups excluding carboxylic acids is 1. The van der Waals surface area contributed by atoms with E-state index in [9.17, 15) is 4.79 Å². The summed E-state index contributed by atoms with van der Waals surface area (Å²) < 4.78 is 11.3. The summed E-state index contributed by atoms with van der Waals surface area (Å²) in [5, 5.41) is 3.54. The predicted octanol–water partition coefficient (Wildman–Crippen LogP) is 2.80. The highest BCUT2D eigenvalue weighted by Crippen LogP contribution is 2.36. The van der Waals surface area contributed by atoms with Gasteiger partial charge in [-0.3, -0.25) is 10.1 Å². The van der Waals surface area contributed by atoms with Gasteiger partial charge in [0.05, 0.1) is 18.8 Å². The highest BCUT2D eigenvalue weighted by atomic mass is 16.5.